The van der Waals surface area contributed by atoms with Gasteiger partial charge in [0.15, 0.2) is 0 Å². The van der Waals surface area contributed by atoms with E-state index in [-0.39, 0.29) is 42.5 Å². The summed E-state index contributed by atoms with van der Waals surface area (Å²) < 4.78 is 77.6. The van der Waals surface area contributed by atoms with E-state index in [4.69, 9.17) is 5.11 Å². The lowest BCUT2D eigenvalue weighted by Crippen LogP contribution is -2.35. The predicted molar refractivity (Wildman–Crippen MR) is 127 cm³/mol. The smallest absolute Gasteiger partial charge is 0.394 e. The lowest BCUT2D eigenvalue weighted by molar-refractivity contribution is -0.143. The highest BCUT2D eigenvalue weighted by Crippen LogP contribution is 2.36. The van der Waals surface area contributed by atoms with Crippen LogP contribution in [0.2, 0.25) is 0 Å². The molecule has 36 heavy (non-hydrogen) atoms. The maximum Gasteiger partial charge on any atom is 0.416 e. The number of rotatable bonds is 6. The van der Waals surface area contributed by atoms with Gasteiger partial charge in [-0.1, -0.05) is 12.8 Å². The van der Waals surface area contributed by atoms with Gasteiger partial charge in [0.1, 0.15) is 0 Å². The Balaban J connectivity index is 0.000000982. The van der Waals surface area contributed by atoms with Gasteiger partial charge < -0.3 is 15.7 Å². The number of amides is 1. The largest absolute Gasteiger partial charge is 0.416 e. The van der Waals surface area contributed by atoms with Crippen LogP contribution < -0.4 is 10.6 Å². The van der Waals surface area contributed by atoms with Crippen LogP contribution in [0.5, 0.6) is 0 Å². The second kappa shape index (κ2) is 14.5. The number of aliphatic hydroxyl groups is 1. The van der Waals surface area contributed by atoms with Crippen LogP contribution in [0.3, 0.4) is 0 Å². The van der Waals surface area contributed by atoms with Gasteiger partial charge in [0, 0.05) is 31.2 Å². The van der Waals surface area contributed by atoms with E-state index in [1.54, 1.807) is 13.8 Å². The SMILES string of the molecule is C#C.CC(C)O.O=C(CC1CC[C@@H](NC2CCCC2)C1)NCc1cc(C(F)(F)F)cc(C(F)(F)F)c1. The quantitative estimate of drug-likeness (QED) is 0.314. The first-order valence-electron chi connectivity index (χ1n) is 12.1. The standard InChI is InChI=1S/C21H26F6N2O.C3H8O.C2H2/c22-20(23,24)15-7-14(8-16(11-15)21(25,26)27)12-28-19(30)10-13-5-6-18(9-13)29-17-3-1-2-4-17;1-3(2)4;1-2/h7-8,11,13,17-18,29H,1-6,9-10,12H2,(H,28,30);3-4H,1-2H3;1-2H/t13?,18-;;/m1../s1. The average Bonchev–Trinajstić information content (AvgIpc) is 3.44. The van der Waals surface area contributed by atoms with E-state index in [2.05, 4.69) is 23.5 Å². The number of alkyl halides is 6. The molecule has 2 aliphatic carbocycles. The van der Waals surface area contributed by atoms with E-state index >= 15 is 0 Å². The summed E-state index contributed by atoms with van der Waals surface area (Å²) in [5, 5.41) is 14.2. The molecule has 2 aliphatic rings. The molecule has 2 atom stereocenters. The highest BCUT2D eigenvalue weighted by Gasteiger charge is 2.37. The van der Waals surface area contributed by atoms with E-state index < -0.39 is 23.5 Å². The molecule has 0 saturated heterocycles. The van der Waals surface area contributed by atoms with Gasteiger partial charge in [-0.05, 0) is 75.6 Å². The van der Waals surface area contributed by atoms with Gasteiger partial charge >= 0.3 is 12.4 Å². The zero-order valence-corrected chi connectivity index (χ0v) is 20.7. The lowest BCUT2D eigenvalue weighted by atomic mass is 10.0. The van der Waals surface area contributed by atoms with Crippen LogP contribution in [0.4, 0.5) is 26.3 Å². The number of halogens is 6. The molecule has 3 rings (SSSR count). The zero-order valence-electron chi connectivity index (χ0n) is 20.7. The van der Waals surface area contributed by atoms with Crippen molar-refractivity contribution in [2.24, 2.45) is 5.92 Å². The molecule has 204 valence electrons. The summed E-state index contributed by atoms with van der Waals surface area (Å²) in [6.07, 6.45) is 5.84. The molecule has 0 spiro atoms. The van der Waals surface area contributed by atoms with Crippen LogP contribution in [0.15, 0.2) is 18.2 Å². The van der Waals surface area contributed by atoms with E-state index in [0.717, 1.165) is 19.3 Å². The van der Waals surface area contributed by atoms with Gasteiger partial charge in [0.2, 0.25) is 5.91 Å². The first-order valence-corrected chi connectivity index (χ1v) is 12.1. The molecule has 0 aliphatic heterocycles. The molecule has 1 amide bonds. The number of carbonyl (C=O) groups is 1. The molecular weight excluding hydrogens is 486 g/mol. The number of hydrogen-bond acceptors (Lipinski definition) is 3. The van der Waals surface area contributed by atoms with E-state index in [1.165, 1.54) is 25.7 Å². The molecule has 2 saturated carbocycles. The van der Waals surface area contributed by atoms with Gasteiger partial charge in [-0.3, -0.25) is 4.79 Å². The lowest BCUT2D eigenvalue weighted by Gasteiger charge is -2.18. The Morgan fingerprint density at radius 1 is 0.944 bits per heavy atom. The zero-order chi connectivity index (χ0) is 27.5. The summed E-state index contributed by atoms with van der Waals surface area (Å²) >= 11 is 0. The third-order valence-corrected chi connectivity index (χ3v) is 5.98. The van der Waals surface area contributed by atoms with Crippen molar-refractivity contribution in [2.75, 3.05) is 0 Å². The van der Waals surface area contributed by atoms with E-state index in [9.17, 15) is 31.1 Å². The van der Waals surface area contributed by atoms with Crippen LogP contribution in [-0.4, -0.2) is 29.2 Å². The highest BCUT2D eigenvalue weighted by molar-refractivity contribution is 5.76. The maximum atomic E-state index is 12.9. The van der Waals surface area contributed by atoms with Crippen molar-refractivity contribution in [1.29, 1.82) is 0 Å². The van der Waals surface area contributed by atoms with Crippen LogP contribution in [-0.2, 0) is 23.7 Å². The van der Waals surface area contributed by atoms with Crippen molar-refractivity contribution in [3.8, 4) is 12.8 Å². The van der Waals surface area contributed by atoms with Crippen molar-refractivity contribution < 1.29 is 36.2 Å². The second-order valence-electron chi connectivity index (χ2n) is 9.51. The number of hydrogen-bond donors (Lipinski definition) is 3. The van der Waals surface area contributed by atoms with Gasteiger partial charge in [0.05, 0.1) is 11.1 Å². The summed E-state index contributed by atoms with van der Waals surface area (Å²) in [4.78, 5) is 12.2. The van der Waals surface area contributed by atoms with Crippen molar-refractivity contribution >= 4 is 5.91 Å². The van der Waals surface area contributed by atoms with E-state index in [1.807, 2.05) is 0 Å². The third-order valence-electron chi connectivity index (χ3n) is 5.98. The molecule has 10 heteroatoms. The van der Waals surface area contributed by atoms with Crippen molar-refractivity contribution in [3.05, 3.63) is 34.9 Å². The molecule has 1 aromatic rings. The maximum absolute atomic E-state index is 12.9. The molecule has 0 heterocycles. The summed E-state index contributed by atoms with van der Waals surface area (Å²) in [6.45, 7) is 3.07. The highest BCUT2D eigenvalue weighted by atomic mass is 19.4. The number of benzene rings is 1. The van der Waals surface area contributed by atoms with Crippen molar-refractivity contribution in [3.63, 3.8) is 0 Å². The van der Waals surface area contributed by atoms with Gasteiger partial charge in [-0.15, -0.1) is 12.8 Å². The number of nitrogens with one attached hydrogen (secondary N) is 2. The molecule has 0 bridgehead atoms. The van der Waals surface area contributed by atoms with Gasteiger partial charge in [0.25, 0.3) is 0 Å². The fourth-order valence-electron chi connectivity index (χ4n) is 4.49. The predicted octanol–water partition coefficient (Wildman–Crippen LogP) is 6.07. The molecule has 4 nitrogen and oxygen atoms in total. The molecule has 0 aromatic heterocycles. The first-order chi connectivity index (χ1) is 16.7. The van der Waals surface area contributed by atoms with Gasteiger partial charge in [-0.2, -0.15) is 26.3 Å². The summed E-state index contributed by atoms with van der Waals surface area (Å²) in [7, 11) is 0. The average molecular weight is 523 g/mol. The van der Waals surface area contributed by atoms with Crippen LogP contribution in [0.1, 0.15) is 81.9 Å². The summed E-state index contributed by atoms with van der Waals surface area (Å²) in [6, 6.07) is 2.30. The van der Waals surface area contributed by atoms with Crippen molar-refractivity contribution in [1.82, 2.24) is 10.6 Å². The molecule has 3 N–H and O–H groups in total. The van der Waals surface area contributed by atoms with Crippen molar-refractivity contribution in [2.45, 2.75) is 102 Å². The molecule has 1 aromatic carbocycles. The Morgan fingerprint density at radius 3 is 1.92 bits per heavy atom. The Labute approximate surface area is 209 Å². The summed E-state index contributed by atoms with van der Waals surface area (Å²) in [5.41, 5.74) is -2.98. The van der Waals surface area contributed by atoms with Crippen LogP contribution in [0, 0.1) is 18.8 Å². The fourth-order valence-corrected chi connectivity index (χ4v) is 4.49. The molecule has 2 fully saturated rings. The number of carbonyl (C=O) groups excluding carboxylic acids is 1. The Hall–Kier alpha value is -2.25. The van der Waals surface area contributed by atoms with Crippen LogP contribution in [0.25, 0.3) is 0 Å². The molecule has 0 radical (unpaired) electrons. The second-order valence-corrected chi connectivity index (χ2v) is 9.51. The number of terminal acetylenes is 1. The minimum absolute atomic E-state index is 0.0847. The number of aliphatic hydroxyl groups excluding tert-OH is 1. The third kappa shape index (κ3) is 11.7. The summed E-state index contributed by atoms with van der Waals surface area (Å²) in [5.74, 6) is -0.177. The van der Waals surface area contributed by atoms with Crippen LogP contribution >= 0.6 is 0 Å². The fraction of sp³-hybridized carbons (Fsp3) is 0.654. The molecular formula is C26H36F6N2O2. The minimum Gasteiger partial charge on any atom is -0.394 e. The first kappa shape index (κ1) is 31.8. The van der Waals surface area contributed by atoms with Gasteiger partial charge in [-0.25, -0.2) is 0 Å². The van der Waals surface area contributed by atoms with E-state index in [0.29, 0.717) is 24.2 Å². The Bertz CT molecular complexity index is 795. The Kier molecular flexibility index (Phi) is 12.8. The minimum atomic E-state index is -4.90. The normalized spacial score (nSPS) is 20.3. The monoisotopic (exact) mass is 522 g/mol. The topological polar surface area (TPSA) is 61.4 Å². The molecule has 1 unspecified atom stereocenters. The Morgan fingerprint density at radius 2 is 1.44 bits per heavy atom.